The summed E-state index contributed by atoms with van der Waals surface area (Å²) in [6, 6.07) is 8.81. The number of anilines is 1. The number of carbonyl (C=O) groups excluding carboxylic acids is 1. The lowest BCUT2D eigenvalue weighted by Gasteiger charge is -2.13. The molecule has 2 aromatic rings. The van der Waals surface area contributed by atoms with Gasteiger partial charge in [0.05, 0.1) is 21.6 Å². The molecule has 0 saturated carbocycles. The van der Waals surface area contributed by atoms with Crippen molar-refractivity contribution in [2.45, 2.75) is 0 Å². The van der Waals surface area contributed by atoms with E-state index in [4.69, 9.17) is 17.0 Å². The summed E-state index contributed by atoms with van der Waals surface area (Å²) in [5.74, 6) is -0.409. The average Bonchev–Trinajstić information content (AvgIpc) is 2.52. The molecule has 1 N–H and O–H groups in total. The lowest BCUT2D eigenvalue weighted by molar-refractivity contribution is 0.0600. The van der Waals surface area contributed by atoms with Crippen LogP contribution in [-0.4, -0.2) is 18.3 Å². The maximum Gasteiger partial charge on any atom is 0.337 e. The van der Waals surface area contributed by atoms with E-state index >= 15 is 0 Å². The standard InChI is InChI=1S/C15H10Br2FNO3S/c1-21-14(20)8-6-11(16)13(12(17)7-8)22-15(23)19-10-4-2-9(18)3-5-10/h2-7H,1H3,(H,19,23). The summed E-state index contributed by atoms with van der Waals surface area (Å²) in [4.78, 5) is 11.5. The molecule has 0 aliphatic heterocycles. The van der Waals surface area contributed by atoms with Gasteiger partial charge in [-0.3, -0.25) is 0 Å². The lowest BCUT2D eigenvalue weighted by atomic mass is 10.2. The minimum atomic E-state index is -0.468. The first-order valence-electron chi connectivity index (χ1n) is 6.22. The van der Waals surface area contributed by atoms with Gasteiger partial charge in [-0.25, -0.2) is 9.18 Å². The molecule has 0 saturated heterocycles. The molecule has 0 atom stereocenters. The SMILES string of the molecule is COC(=O)c1cc(Br)c(OC(=S)Nc2ccc(F)cc2)c(Br)c1. The molecule has 2 rings (SSSR count). The first-order valence-corrected chi connectivity index (χ1v) is 8.22. The Balaban J connectivity index is 2.14. The number of ether oxygens (including phenoxy) is 2. The summed E-state index contributed by atoms with van der Waals surface area (Å²) in [5, 5.41) is 2.90. The third-order valence-corrected chi connectivity index (χ3v) is 4.07. The Labute approximate surface area is 154 Å². The van der Waals surface area contributed by atoms with Crippen molar-refractivity contribution in [2.75, 3.05) is 12.4 Å². The predicted molar refractivity (Wildman–Crippen MR) is 96.4 cm³/mol. The van der Waals surface area contributed by atoms with E-state index in [0.717, 1.165) is 0 Å². The molecule has 0 radical (unpaired) electrons. The molecule has 0 aromatic heterocycles. The number of carbonyl (C=O) groups is 1. The fraction of sp³-hybridized carbons (Fsp3) is 0.0667. The van der Waals surface area contributed by atoms with Gasteiger partial charge < -0.3 is 14.8 Å². The number of halogens is 3. The third-order valence-electron chi connectivity index (χ3n) is 2.70. The second kappa shape index (κ2) is 7.85. The Morgan fingerprint density at radius 2 is 1.74 bits per heavy atom. The quantitative estimate of drug-likeness (QED) is 0.518. The molecule has 23 heavy (non-hydrogen) atoms. The minimum absolute atomic E-state index is 0.0730. The summed E-state index contributed by atoms with van der Waals surface area (Å²) < 4.78 is 24.1. The normalized spacial score (nSPS) is 10.1. The summed E-state index contributed by atoms with van der Waals surface area (Å²) in [7, 11) is 1.30. The van der Waals surface area contributed by atoms with Crippen molar-refractivity contribution < 1.29 is 18.7 Å². The maximum atomic E-state index is 12.9. The van der Waals surface area contributed by atoms with Crippen LogP contribution in [-0.2, 0) is 4.74 Å². The van der Waals surface area contributed by atoms with E-state index in [1.807, 2.05) is 0 Å². The van der Waals surface area contributed by atoms with Crippen LogP contribution in [0.15, 0.2) is 45.3 Å². The second-order valence-electron chi connectivity index (χ2n) is 4.28. The maximum absolute atomic E-state index is 12.9. The molecule has 0 heterocycles. The van der Waals surface area contributed by atoms with Crippen molar-refractivity contribution in [3.8, 4) is 5.75 Å². The minimum Gasteiger partial charge on any atom is -0.465 e. The van der Waals surface area contributed by atoms with Crippen molar-refractivity contribution in [3.63, 3.8) is 0 Å². The number of methoxy groups -OCH3 is 1. The molecular formula is C15H10Br2FNO3S. The average molecular weight is 463 g/mol. The first kappa shape index (κ1) is 17.8. The molecule has 0 aliphatic rings. The van der Waals surface area contributed by atoms with Crippen molar-refractivity contribution >= 4 is 60.9 Å². The summed E-state index contributed by atoms with van der Waals surface area (Å²) in [6.07, 6.45) is 0. The molecule has 0 amide bonds. The van der Waals surface area contributed by atoms with Gasteiger partial charge in [0, 0.05) is 5.69 Å². The molecule has 120 valence electrons. The van der Waals surface area contributed by atoms with Crippen molar-refractivity contribution in [1.82, 2.24) is 0 Å². The topological polar surface area (TPSA) is 47.6 Å². The van der Waals surface area contributed by atoms with Crippen LogP contribution in [0.25, 0.3) is 0 Å². The van der Waals surface area contributed by atoms with Gasteiger partial charge in [0.15, 0.2) is 5.75 Å². The molecule has 0 spiro atoms. The van der Waals surface area contributed by atoms with Crippen LogP contribution in [0.3, 0.4) is 0 Å². The fourth-order valence-electron chi connectivity index (χ4n) is 1.66. The number of thiocarbonyl (C=S) groups is 1. The highest BCUT2D eigenvalue weighted by Crippen LogP contribution is 2.35. The van der Waals surface area contributed by atoms with Crippen LogP contribution in [0.2, 0.25) is 0 Å². The van der Waals surface area contributed by atoms with E-state index in [1.165, 1.54) is 31.4 Å². The Morgan fingerprint density at radius 3 is 2.26 bits per heavy atom. The molecular weight excluding hydrogens is 453 g/mol. The van der Waals surface area contributed by atoms with Crippen molar-refractivity contribution in [2.24, 2.45) is 0 Å². The zero-order valence-electron chi connectivity index (χ0n) is 11.7. The monoisotopic (exact) mass is 461 g/mol. The molecule has 0 unspecified atom stereocenters. The second-order valence-corrected chi connectivity index (χ2v) is 6.36. The van der Waals surface area contributed by atoms with Gasteiger partial charge in [0.1, 0.15) is 5.82 Å². The molecule has 0 aliphatic carbocycles. The smallest absolute Gasteiger partial charge is 0.337 e. The van der Waals surface area contributed by atoms with Gasteiger partial charge in [-0.2, -0.15) is 0 Å². The highest BCUT2D eigenvalue weighted by molar-refractivity contribution is 9.11. The highest BCUT2D eigenvalue weighted by atomic mass is 79.9. The fourth-order valence-corrected chi connectivity index (χ4v) is 3.21. The van der Waals surface area contributed by atoms with E-state index in [0.29, 0.717) is 25.9 Å². The zero-order valence-corrected chi connectivity index (χ0v) is 15.7. The third kappa shape index (κ3) is 4.73. The van der Waals surface area contributed by atoms with E-state index in [-0.39, 0.29) is 11.0 Å². The van der Waals surface area contributed by atoms with E-state index in [9.17, 15) is 9.18 Å². The van der Waals surface area contributed by atoms with E-state index in [1.54, 1.807) is 12.1 Å². The van der Waals surface area contributed by atoms with Gasteiger partial charge in [-0.05, 0) is 80.5 Å². The number of nitrogens with one attached hydrogen (secondary N) is 1. The summed E-state index contributed by atoms with van der Waals surface area (Å²) in [6.45, 7) is 0. The van der Waals surface area contributed by atoms with Gasteiger partial charge in [-0.1, -0.05) is 0 Å². The van der Waals surface area contributed by atoms with E-state index < -0.39 is 5.97 Å². The summed E-state index contributed by atoms with van der Waals surface area (Å²) in [5.41, 5.74) is 0.950. The molecule has 0 fully saturated rings. The van der Waals surface area contributed by atoms with Gasteiger partial charge in [0.25, 0.3) is 5.17 Å². The number of hydrogen-bond acceptors (Lipinski definition) is 4. The molecule has 4 nitrogen and oxygen atoms in total. The first-order chi connectivity index (χ1) is 10.9. The number of esters is 1. The van der Waals surface area contributed by atoms with E-state index in [2.05, 4.69) is 41.9 Å². The van der Waals surface area contributed by atoms with Crippen LogP contribution < -0.4 is 10.1 Å². The van der Waals surface area contributed by atoms with Crippen LogP contribution in [0.1, 0.15) is 10.4 Å². The van der Waals surface area contributed by atoms with Crippen molar-refractivity contribution in [3.05, 3.63) is 56.7 Å². The predicted octanol–water partition coefficient (Wildman–Crippen LogP) is 4.91. The van der Waals surface area contributed by atoms with Gasteiger partial charge in [-0.15, -0.1) is 0 Å². The summed E-state index contributed by atoms with van der Waals surface area (Å²) >= 11 is 11.8. The number of benzene rings is 2. The van der Waals surface area contributed by atoms with Gasteiger partial charge >= 0.3 is 5.97 Å². The van der Waals surface area contributed by atoms with Gasteiger partial charge in [0.2, 0.25) is 0 Å². The number of hydrogen-bond donors (Lipinski definition) is 1. The Kier molecular flexibility index (Phi) is 6.09. The van der Waals surface area contributed by atoms with Crippen LogP contribution in [0.5, 0.6) is 5.75 Å². The Bertz CT molecular complexity index is 730. The van der Waals surface area contributed by atoms with Crippen LogP contribution in [0, 0.1) is 5.82 Å². The molecule has 0 bridgehead atoms. The zero-order chi connectivity index (χ0) is 17.0. The molecule has 2 aromatic carbocycles. The largest absolute Gasteiger partial charge is 0.465 e. The lowest BCUT2D eigenvalue weighted by Crippen LogP contribution is -2.17. The van der Waals surface area contributed by atoms with Crippen LogP contribution in [0.4, 0.5) is 10.1 Å². The Hall–Kier alpha value is -1.51. The number of rotatable bonds is 3. The van der Waals surface area contributed by atoms with Crippen LogP contribution >= 0.6 is 44.1 Å². The highest BCUT2D eigenvalue weighted by Gasteiger charge is 2.15. The molecule has 8 heteroatoms. The van der Waals surface area contributed by atoms with Crippen molar-refractivity contribution in [1.29, 1.82) is 0 Å². The Morgan fingerprint density at radius 1 is 1.17 bits per heavy atom.